The summed E-state index contributed by atoms with van der Waals surface area (Å²) in [5.74, 6) is 0.904. The predicted molar refractivity (Wildman–Crippen MR) is 65.1 cm³/mol. The van der Waals surface area contributed by atoms with E-state index in [4.69, 9.17) is 0 Å². The molecule has 1 N–H and O–H groups in total. The van der Waals surface area contributed by atoms with Gasteiger partial charge in [-0.2, -0.15) is 0 Å². The molecule has 2 nitrogen and oxygen atoms in total. The summed E-state index contributed by atoms with van der Waals surface area (Å²) in [6.07, 6.45) is 7.07. The van der Waals surface area contributed by atoms with E-state index in [0.29, 0.717) is 0 Å². The van der Waals surface area contributed by atoms with Gasteiger partial charge in [0.25, 0.3) is 0 Å². The maximum atomic E-state index is 3.80. The van der Waals surface area contributed by atoms with Crippen LogP contribution in [0.2, 0.25) is 0 Å². The summed E-state index contributed by atoms with van der Waals surface area (Å²) in [6.45, 7) is 8.46. The van der Waals surface area contributed by atoms with Crippen LogP contribution in [0, 0.1) is 5.92 Å². The largest absolute Gasteiger partial charge is 0.312 e. The lowest BCUT2D eigenvalue weighted by atomic mass is 10.1. The molecule has 0 aromatic rings. The molecule has 2 fully saturated rings. The molecule has 1 aliphatic carbocycles. The van der Waals surface area contributed by atoms with E-state index in [2.05, 4.69) is 24.1 Å². The normalized spacial score (nSPS) is 37.6. The fraction of sp³-hybridized carbons (Fsp3) is 1.00. The Morgan fingerprint density at radius 3 is 2.73 bits per heavy atom. The first-order valence-corrected chi connectivity index (χ1v) is 6.78. The Hall–Kier alpha value is -0.0800. The lowest BCUT2D eigenvalue weighted by Crippen LogP contribution is -2.42. The molecule has 2 rings (SSSR count). The van der Waals surface area contributed by atoms with Gasteiger partial charge in [-0.1, -0.05) is 20.3 Å². The van der Waals surface area contributed by atoms with E-state index in [1.54, 1.807) is 0 Å². The van der Waals surface area contributed by atoms with Gasteiger partial charge in [-0.05, 0) is 44.7 Å². The Balaban J connectivity index is 1.72. The number of nitrogens with zero attached hydrogens (tertiary/aromatic N) is 1. The lowest BCUT2D eigenvalue weighted by molar-refractivity contribution is 0.248. The van der Waals surface area contributed by atoms with E-state index in [9.17, 15) is 0 Å². The van der Waals surface area contributed by atoms with Gasteiger partial charge in [-0.15, -0.1) is 0 Å². The third-order valence-corrected chi connectivity index (χ3v) is 4.38. The summed E-state index contributed by atoms with van der Waals surface area (Å²) in [7, 11) is 0. The molecule has 0 spiro atoms. The molecule has 2 aliphatic rings. The molecule has 1 saturated carbocycles. The third kappa shape index (κ3) is 2.73. The second kappa shape index (κ2) is 5.31. The second-order valence-corrected chi connectivity index (χ2v) is 5.35. The molecule has 0 amide bonds. The van der Waals surface area contributed by atoms with Gasteiger partial charge in [-0.3, -0.25) is 4.90 Å². The van der Waals surface area contributed by atoms with Crippen LogP contribution < -0.4 is 5.32 Å². The van der Waals surface area contributed by atoms with Crippen molar-refractivity contribution < 1.29 is 0 Å². The molecule has 3 unspecified atom stereocenters. The van der Waals surface area contributed by atoms with Crippen LogP contribution in [0.5, 0.6) is 0 Å². The maximum Gasteiger partial charge on any atom is 0.0221 e. The fourth-order valence-corrected chi connectivity index (χ4v) is 3.28. The molecule has 0 aromatic carbocycles. The van der Waals surface area contributed by atoms with Gasteiger partial charge >= 0.3 is 0 Å². The van der Waals surface area contributed by atoms with Gasteiger partial charge in [0, 0.05) is 18.6 Å². The molecular weight excluding hydrogens is 184 g/mol. The van der Waals surface area contributed by atoms with Crippen LogP contribution in [-0.2, 0) is 0 Å². The zero-order chi connectivity index (χ0) is 10.7. The minimum atomic E-state index is 0.810. The van der Waals surface area contributed by atoms with Gasteiger partial charge in [0.1, 0.15) is 0 Å². The van der Waals surface area contributed by atoms with Crippen molar-refractivity contribution in [1.29, 1.82) is 0 Å². The molecule has 2 heteroatoms. The van der Waals surface area contributed by atoms with Crippen molar-refractivity contribution in [3.05, 3.63) is 0 Å². The number of rotatable bonds is 4. The average Bonchev–Trinajstić information content (AvgIpc) is 2.83. The Labute approximate surface area is 94.4 Å². The second-order valence-electron chi connectivity index (χ2n) is 5.35. The van der Waals surface area contributed by atoms with E-state index >= 15 is 0 Å². The van der Waals surface area contributed by atoms with Crippen LogP contribution in [0.1, 0.15) is 46.0 Å². The van der Waals surface area contributed by atoms with Gasteiger partial charge in [0.05, 0.1) is 0 Å². The third-order valence-electron chi connectivity index (χ3n) is 4.38. The summed E-state index contributed by atoms with van der Waals surface area (Å²) in [4.78, 5) is 2.63. The number of hydrogen-bond acceptors (Lipinski definition) is 2. The molecule has 88 valence electrons. The SMILES string of the molecule is CCN1CCCC1CNC1CCCC1C. The zero-order valence-electron chi connectivity index (χ0n) is 10.3. The smallest absolute Gasteiger partial charge is 0.0221 e. The molecule has 1 heterocycles. The van der Waals surface area contributed by atoms with Crippen molar-refractivity contribution in [2.45, 2.75) is 58.0 Å². The van der Waals surface area contributed by atoms with Gasteiger partial charge in [-0.25, -0.2) is 0 Å². The molecule has 0 aromatic heterocycles. The van der Waals surface area contributed by atoms with Crippen LogP contribution in [-0.4, -0.2) is 36.6 Å². The predicted octanol–water partition coefficient (Wildman–Crippen LogP) is 2.25. The van der Waals surface area contributed by atoms with Crippen LogP contribution in [0.15, 0.2) is 0 Å². The van der Waals surface area contributed by atoms with E-state index in [1.165, 1.54) is 51.7 Å². The average molecular weight is 210 g/mol. The fourth-order valence-electron chi connectivity index (χ4n) is 3.28. The van der Waals surface area contributed by atoms with Crippen LogP contribution in [0.3, 0.4) is 0 Å². The Kier molecular flexibility index (Phi) is 4.04. The summed E-state index contributed by atoms with van der Waals surface area (Å²) in [6, 6.07) is 1.63. The van der Waals surface area contributed by atoms with Crippen LogP contribution >= 0.6 is 0 Å². The van der Waals surface area contributed by atoms with E-state index in [1.807, 2.05) is 0 Å². The van der Waals surface area contributed by atoms with Crippen molar-refractivity contribution in [2.75, 3.05) is 19.6 Å². The first kappa shape index (κ1) is 11.4. The minimum Gasteiger partial charge on any atom is -0.312 e. The molecule has 15 heavy (non-hydrogen) atoms. The van der Waals surface area contributed by atoms with Crippen molar-refractivity contribution in [3.63, 3.8) is 0 Å². The number of likely N-dealkylation sites (tertiary alicyclic amines) is 1. The van der Waals surface area contributed by atoms with Gasteiger partial charge in [0.15, 0.2) is 0 Å². The summed E-state index contributed by atoms with van der Waals surface area (Å²) in [5.41, 5.74) is 0. The molecule has 1 aliphatic heterocycles. The van der Waals surface area contributed by atoms with Crippen molar-refractivity contribution >= 4 is 0 Å². The highest BCUT2D eigenvalue weighted by Crippen LogP contribution is 2.25. The van der Waals surface area contributed by atoms with E-state index in [0.717, 1.165) is 18.0 Å². The van der Waals surface area contributed by atoms with Crippen molar-refractivity contribution in [2.24, 2.45) is 5.92 Å². The first-order valence-electron chi connectivity index (χ1n) is 6.78. The Morgan fingerprint density at radius 2 is 2.07 bits per heavy atom. The van der Waals surface area contributed by atoms with E-state index < -0.39 is 0 Å². The van der Waals surface area contributed by atoms with Crippen molar-refractivity contribution in [1.82, 2.24) is 10.2 Å². The summed E-state index contributed by atoms with van der Waals surface area (Å²) >= 11 is 0. The number of hydrogen-bond donors (Lipinski definition) is 1. The van der Waals surface area contributed by atoms with Crippen molar-refractivity contribution in [3.8, 4) is 0 Å². The maximum absolute atomic E-state index is 3.80. The Bertz CT molecular complexity index is 193. The molecule has 1 saturated heterocycles. The first-order chi connectivity index (χ1) is 7.31. The monoisotopic (exact) mass is 210 g/mol. The Morgan fingerprint density at radius 1 is 1.20 bits per heavy atom. The minimum absolute atomic E-state index is 0.810. The highest BCUT2D eigenvalue weighted by molar-refractivity contribution is 4.85. The van der Waals surface area contributed by atoms with Crippen LogP contribution in [0.4, 0.5) is 0 Å². The highest BCUT2D eigenvalue weighted by atomic mass is 15.2. The number of nitrogens with one attached hydrogen (secondary N) is 1. The van der Waals surface area contributed by atoms with Gasteiger partial charge < -0.3 is 5.32 Å². The number of likely N-dealkylation sites (N-methyl/N-ethyl adjacent to an activating group) is 1. The molecule has 0 bridgehead atoms. The molecule has 3 atom stereocenters. The lowest BCUT2D eigenvalue weighted by Gasteiger charge is -2.26. The topological polar surface area (TPSA) is 15.3 Å². The van der Waals surface area contributed by atoms with Crippen LogP contribution in [0.25, 0.3) is 0 Å². The quantitative estimate of drug-likeness (QED) is 0.765. The standard InChI is InChI=1S/C13H26N2/c1-3-15-9-5-7-12(15)10-14-13-8-4-6-11(13)2/h11-14H,3-10H2,1-2H3. The molecular formula is C13H26N2. The highest BCUT2D eigenvalue weighted by Gasteiger charge is 2.26. The summed E-state index contributed by atoms with van der Waals surface area (Å²) in [5, 5.41) is 3.80. The molecule has 0 radical (unpaired) electrons. The summed E-state index contributed by atoms with van der Waals surface area (Å²) < 4.78 is 0. The van der Waals surface area contributed by atoms with E-state index in [-0.39, 0.29) is 0 Å². The zero-order valence-corrected chi connectivity index (χ0v) is 10.3. The van der Waals surface area contributed by atoms with Gasteiger partial charge in [0.2, 0.25) is 0 Å².